The smallest absolute Gasteiger partial charge is 0.330 e. The second kappa shape index (κ2) is 8.66. The summed E-state index contributed by atoms with van der Waals surface area (Å²) >= 11 is 0. The highest BCUT2D eigenvalue weighted by atomic mass is 28.2. The summed E-state index contributed by atoms with van der Waals surface area (Å²) < 4.78 is 10.7. The van der Waals surface area contributed by atoms with Gasteiger partial charge in [0, 0.05) is 6.08 Å². The van der Waals surface area contributed by atoms with Crippen LogP contribution in [0.3, 0.4) is 0 Å². The molecule has 0 aliphatic rings. The zero-order valence-corrected chi connectivity index (χ0v) is 13.7. The molecule has 1 rings (SSSR count). The molecule has 0 N–H and O–H groups in total. The highest BCUT2D eigenvalue weighted by Crippen LogP contribution is 2.13. The molecule has 104 valence electrons. The predicted octanol–water partition coefficient (Wildman–Crippen LogP) is 1.79. The van der Waals surface area contributed by atoms with E-state index in [-0.39, 0.29) is 18.2 Å². The van der Waals surface area contributed by atoms with Crippen molar-refractivity contribution in [3.05, 3.63) is 48.6 Å². The van der Waals surface area contributed by atoms with Crippen molar-refractivity contribution in [2.75, 3.05) is 0 Å². The lowest BCUT2D eigenvalue weighted by atomic mass is 10.0. The van der Waals surface area contributed by atoms with Gasteiger partial charge >= 0.3 is 5.97 Å². The van der Waals surface area contributed by atoms with Gasteiger partial charge in [-0.1, -0.05) is 36.9 Å². The Hall–Kier alpha value is -1.39. The number of carbonyl (C=O) groups is 1. The van der Waals surface area contributed by atoms with Gasteiger partial charge in [0.15, 0.2) is 0 Å². The lowest BCUT2D eigenvalue weighted by molar-refractivity contribution is -0.147. The standard InChI is InChI=1S/C15H22O3Si/c1-3-15(16)17-14(12(2)18-19)11-7-10-13-8-5-4-6-9-13/h3-6,8-9,12,14H,1,7,10-11H2,2,19H3. The van der Waals surface area contributed by atoms with E-state index < -0.39 is 0 Å². The number of ether oxygens (including phenoxy) is 1. The summed E-state index contributed by atoms with van der Waals surface area (Å²) in [5.41, 5.74) is 1.30. The average molecular weight is 278 g/mol. The maximum atomic E-state index is 11.3. The van der Waals surface area contributed by atoms with Crippen molar-refractivity contribution < 1.29 is 14.0 Å². The first-order chi connectivity index (χ1) is 9.17. The molecule has 1 aromatic carbocycles. The van der Waals surface area contributed by atoms with Gasteiger partial charge in [-0.3, -0.25) is 0 Å². The molecule has 19 heavy (non-hydrogen) atoms. The van der Waals surface area contributed by atoms with Gasteiger partial charge < -0.3 is 9.16 Å². The summed E-state index contributed by atoms with van der Waals surface area (Å²) in [6.07, 6.45) is 3.71. The zero-order chi connectivity index (χ0) is 14.1. The van der Waals surface area contributed by atoms with Crippen LogP contribution in [-0.4, -0.2) is 28.7 Å². The zero-order valence-electron chi connectivity index (χ0n) is 11.7. The summed E-state index contributed by atoms with van der Waals surface area (Å²) in [6.45, 7) is 5.36. The second-order valence-corrected chi connectivity index (χ2v) is 4.97. The number of carbonyl (C=O) groups excluding carboxylic acids is 1. The van der Waals surface area contributed by atoms with Crippen LogP contribution in [0.25, 0.3) is 0 Å². The van der Waals surface area contributed by atoms with E-state index in [0.717, 1.165) is 19.3 Å². The van der Waals surface area contributed by atoms with Gasteiger partial charge in [0.25, 0.3) is 0 Å². The third-order valence-electron chi connectivity index (χ3n) is 3.13. The topological polar surface area (TPSA) is 35.5 Å². The molecule has 0 aliphatic carbocycles. The van der Waals surface area contributed by atoms with Gasteiger partial charge in [0.1, 0.15) is 16.6 Å². The van der Waals surface area contributed by atoms with Crippen molar-refractivity contribution in [1.82, 2.24) is 0 Å². The normalized spacial score (nSPS) is 13.7. The fourth-order valence-electron chi connectivity index (χ4n) is 1.89. The average Bonchev–Trinajstić information content (AvgIpc) is 2.46. The Morgan fingerprint density at radius 3 is 2.68 bits per heavy atom. The minimum Gasteiger partial charge on any atom is -0.457 e. The third-order valence-corrected chi connectivity index (χ3v) is 3.87. The van der Waals surface area contributed by atoms with E-state index in [1.54, 1.807) is 0 Å². The molecule has 0 radical (unpaired) electrons. The van der Waals surface area contributed by atoms with Crippen LogP contribution in [-0.2, 0) is 20.4 Å². The Bertz CT molecular complexity index is 392. The van der Waals surface area contributed by atoms with E-state index in [1.807, 2.05) is 25.1 Å². The maximum Gasteiger partial charge on any atom is 0.330 e. The molecule has 0 aromatic heterocycles. The minimum atomic E-state index is -0.379. The summed E-state index contributed by atoms with van der Waals surface area (Å²) in [4.78, 5) is 11.3. The number of rotatable bonds is 8. The van der Waals surface area contributed by atoms with E-state index in [0.29, 0.717) is 10.5 Å². The Morgan fingerprint density at radius 2 is 2.11 bits per heavy atom. The van der Waals surface area contributed by atoms with Crippen molar-refractivity contribution in [2.45, 2.75) is 38.4 Å². The first kappa shape index (κ1) is 15.7. The molecule has 4 heteroatoms. The Balaban J connectivity index is 2.44. The van der Waals surface area contributed by atoms with E-state index >= 15 is 0 Å². The summed E-state index contributed by atoms with van der Waals surface area (Å²) in [7, 11) is 0.640. The van der Waals surface area contributed by atoms with Crippen molar-refractivity contribution in [2.24, 2.45) is 0 Å². The minimum absolute atomic E-state index is 0.0497. The highest BCUT2D eigenvalue weighted by Gasteiger charge is 2.19. The monoisotopic (exact) mass is 278 g/mol. The quantitative estimate of drug-likeness (QED) is 0.413. The maximum absolute atomic E-state index is 11.3. The van der Waals surface area contributed by atoms with Crippen molar-refractivity contribution in [3.8, 4) is 0 Å². The van der Waals surface area contributed by atoms with Crippen LogP contribution in [0.4, 0.5) is 0 Å². The lowest BCUT2D eigenvalue weighted by Gasteiger charge is -2.23. The molecular formula is C15H22O3Si. The molecule has 0 heterocycles. The predicted molar refractivity (Wildman–Crippen MR) is 79.9 cm³/mol. The number of esters is 1. The molecule has 0 saturated heterocycles. The van der Waals surface area contributed by atoms with Crippen molar-refractivity contribution >= 4 is 16.5 Å². The van der Waals surface area contributed by atoms with E-state index in [9.17, 15) is 4.79 Å². The summed E-state index contributed by atoms with van der Waals surface area (Å²) in [5.74, 6) is -0.379. The fourth-order valence-corrected chi connectivity index (χ4v) is 2.19. The SMILES string of the molecule is C=CC(=O)OC(CCCc1ccccc1)C(C)O[SiH3]. The molecule has 2 atom stereocenters. The van der Waals surface area contributed by atoms with Gasteiger partial charge in [-0.05, 0) is 31.7 Å². The van der Waals surface area contributed by atoms with Gasteiger partial charge in [0.2, 0.25) is 0 Å². The van der Waals surface area contributed by atoms with Crippen molar-refractivity contribution in [1.29, 1.82) is 0 Å². The Labute approximate surface area is 118 Å². The van der Waals surface area contributed by atoms with Gasteiger partial charge in [0.05, 0.1) is 6.10 Å². The number of benzene rings is 1. The Morgan fingerprint density at radius 1 is 1.42 bits per heavy atom. The van der Waals surface area contributed by atoms with E-state index in [4.69, 9.17) is 9.16 Å². The molecule has 3 nitrogen and oxygen atoms in total. The summed E-state index contributed by atoms with van der Waals surface area (Å²) in [5, 5.41) is 0. The molecule has 0 spiro atoms. The van der Waals surface area contributed by atoms with Crippen LogP contribution in [0.5, 0.6) is 0 Å². The number of aryl methyl sites for hydroxylation is 1. The van der Waals surface area contributed by atoms with Crippen LogP contribution < -0.4 is 0 Å². The molecule has 2 unspecified atom stereocenters. The van der Waals surface area contributed by atoms with Crippen LogP contribution in [0.2, 0.25) is 0 Å². The van der Waals surface area contributed by atoms with Crippen LogP contribution in [0, 0.1) is 0 Å². The molecule has 0 bridgehead atoms. The first-order valence-corrected chi connectivity index (χ1v) is 7.38. The largest absolute Gasteiger partial charge is 0.457 e. The van der Waals surface area contributed by atoms with E-state index in [1.165, 1.54) is 11.6 Å². The van der Waals surface area contributed by atoms with Crippen LogP contribution in [0.1, 0.15) is 25.3 Å². The molecule has 1 aromatic rings. The van der Waals surface area contributed by atoms with Gasteiger partial charge in [-0.25, -0.2) is 4.79 Å². The molecular weight excluding hydrogens is 256 g/mol. The number of hydrogen-bond donors (Lipinski definition) is 0. The first-order valence-electron chi connectivity index (χ1n) is 6.57. The fraction of sp³-hybridized carbons (Fsp3) is 0.400. The van der Waals surface area contributed by atoms with Crippen LogP contribution >= 0.6 is 0 Å². The Kier molecular flexibility index (Phi) is 7.14. The highest BCUT2D eigenvalue weighted by molar-refractivity contribution is 5.98. The third kappa shape index (κ3) is 5.85. The lowest BCUT2D eigenvalue weighted by Crippen LogP contribution is -2.30. The van der Waals surface area contributed by atoms with Gasteiger partial charge in [-0.2, -0.15) is 0 Å². The molecule has 0 aliphatic heterocycles. The van der Waals surface area contributed by atoms with Crippen LogP contribution in [0.15, 0.2) is 43.0 Å². The van der Waals surface area contributed by atoms with E-state index in [2.05, 4.69) is 18.7 Å². The molecule has 0 saturated carbocycles. The number of hydrogen-bond acceptors (Lipinski definition) is 3. The van der Waals surface area contributed by atoms with Gasteiger partial charge in [-0.15, -0.1) is 0 Å². The summed E-state index contributed by atoms with van der Waals surface area (Å²) in [6, 6.07) is 10.3. The van der Waals surface area contributed by atoms with Crippen molar-refractivity contribution in [3.63, 3.8) is 0 Å². The molecule has 0 fully saturated rings. The second-order valence-electron chi connectivity index (χ2n) is 4.50. The molecule has 0 amide bonds.